The monoisotopic (exact) mass is 409 g/mol. The van der Waals surface area contributed by atoms with Crippen LogP contribution in [0.25, 0.3) is 22.0 Å². The third-order valence-electron chi connectivity index (χ3n) is 4.61. The van der Waals surface area contributed by atoms with Gasteiger partial charge in [-0.3, -0.25) is 9.78 Å². The number of nitriles is 1. The Morgan fingerprint density at radius 1 is 1.13 bits per heavy atom. The number of rotatable bonds is 6. The van der Waals surface area contributed by atoms with Crippen LogP contribution in [0.5, 0.6) is 5.75 Å². The van der Waals surface area contributed by atoms with Crippen molar-refractivity contribution >= 4 is 22.9 Å². The largest absolute Gasteiger partial charge is 0.494 e. The SMILES string of the molecule is CCOc1ccc2cc(C=NNc3nc(-c4ccccc4)c(C#N)c(=O)[nH]3)ccc2c1. The van der Waals surface area contributed by atoms with E-state index in [1.807, 2.05) is 67.6 Å². The van der Waals surface area contributed by atoms with E-state index in [2.05, 4.69) is 20.5 Å². The summed E-state index contributed by atoms with van der Waals surface area (Å²) < 4.78 is 5.53. The predicted octanol–water partition coefficient (Wildman–Crippen LogP) is 4.31. The number of benzene rings is 3. The maximum atomic E-state index is 12.3. The first-order valence-electron chi connectivity index (χ1n) is 9.73. The lowest BCUT2D eigenvalue weighted by atomic mass is 10.1. The van der Waals surface area contributed by atoms with Gasteiger partial charge in [0.15, 0.2) is 0 Å². The van der Waals surface area contributed by atoms with Gasteiger partial charge in [0.2, 0.25) is 5.95 Å². The van der Waals surface area contributed by atoms with Crippen LogP contribution in [0.2, 0.25) is 0 Å². The molecule has 152 valence electrons. The second-order valence-electron chi connectivity index (χ2n) is 6.69. The van der Waals surface area contributed by atoms with Crippen LogP contribution in [0.1, 0.15) is 18.1 Å². The van der Waals surface area contributed by atoms with Crippen molar-refractivity contribution in [1.29, 1.82) is 5.26 Å². The molecule has 4 aromatic rings. The molecule has 0 spiro atoms. The normalized spacial score (nSPS) is 10.8. The van der Waals surface area contributed by atoms with Crippen molar-refractivity contribution in [3.63, 3.8) is 0 Å². The molecule has 0 fully saturated rings. The smallest absolute Gasteiger partial charge is 0.270 e. The zero-order valence-corrected chi connectivity index (χ0v) is 16.8. The molecule has 0 saturated heterocycles. The molecule has 0 aliphatic carbocycles. The first-order valence-corrected chi connectivity index (χ1v) is 9.73. The Morgan fingerprint density at radius 2 is 1.90 bits per heavy atom. The fourth-order valence-corrected chi connectivity index (χ4v) is 3.18. The Hall–Kier alpha value is -4.44. The molecule has 0 bridgehead atoms. The summed E-state index contributed by atoms with van der Waals surface area (Å²) in [6, 6.07) is 22.9. The molecular weight excluding hydrogens is 390 g/mol. The highest BCUT2D eigenvalue weighted by molar-refractivity contribution is 5.91. The molecule has 0 amide bonds. The predicted molar refractivity (Wildman–Crippen MR) is 121 cm³/mol. The Balaban J connectivity index is 1.57. The highest BCUT2D eigenvalue weighted by atomic mass is 16.5. The van der Waals surface area contributed by atoms with Crippen molar-refractivity contribution < 1.29 is 4.74 Å². The van der Waals surface area contributed by atoms with Gasteiger partial charge in [0, 0.05) is 5.56 Å². The summed E-state index contributed by atoms with van der Waals surface area (Å²) in [4.78, 5) is 19.2. The number of aromatic amines is 1. The van der Waals surface area contributed by atoms with Gasteiger partial charge in [0.05, 0.1) is 18.5 Å². The molecule has 3 aromatic carbocycles. The summed E-state index contributed by atoms with van der Waals surface area (Å²) >= 11 is 0. The summed E-state index contributed by atoms with van der Waals surface area (Å²) in [6.45, 7) is 2.58. The molecule has 1 aromatic heterocycles. The second kappa shape index (κ2) is 8.93. The molecule has 4 rings (SSSR count). The zero-order valence-electron chi connectivity index (χ0n) is 16.8. The van der Waals surface area contributed by atoms with Gasteiger partial charge in [-0.2, -0.15) is 10.4 Å². The van der Waals surface area contributed by atoms with Crippen LogP contribution >= 0.6 is 0 Å². The number of hydrogen-bond donors (Lipinski definition) is 2. The Morgan fingerprint density at radius 3 is 2.68 bits per heavy atom. The number of fused-ring (bicyclic) bond motifs is 1. The van der Waals surface area contributed by atoms with Gasteiger partial charge in [-0.1, -0.05) is 48.5 Å². The molecule has 0 unspecified atom stereocenters. The molecule has 0 radical (unpaired) electrons. The number of anilines is 1. The van der Waals surface area contributed by atoms with Crippen molar-refractivity contribution in [2.24, 2.45) is 5.10 Å². The molecule has 0 atom stereocenters. The van der Waals surface area contributed by atoms with Crippen molar-refractivity contribution in [3.05, 3.63) is 88.2 Å². The van der Waals surface area contributed by atoms with Crippen LogP contribution in [0.15, 0.2) is 76.6 Å². The third kappa shape index (κ3) is 4.43. The summed E-state index contributed by atoms with van der Waals surface area (Å²) in [5.74, 6) is 0.990. The number of ether oxygens (including phenoxy) is 1. The van der Waals surface area contributed by atoms with Gasteiger partial charge in [-0.25, -0.2) is 10.4 Å². The summed E-state index contributed by atoms with van der Waals surface area (Å²) in [7, 11) is 0. The van der Waals surface area contributed by atoms with Crippen LogP contribution in [-0.2, 0) is 0 Å². The first kappa shape index (κ1) is 19.9. The van der Waals surface area contributed by atoms with Crippen molar-refractivity contribution in [3.8, 4) is 23.1 Å². The van der Waals surface area contributed by atoms with E-state index in [0.717, 1.165) is 22.1 Å². The minimum Gasteiger partial charge on any atom is -0.494 e. The Labute approximate surface area is 178 Å². The van der Waals surface area contributed by atoms with E-state index < -0.39 is 5.56 Å². The summed E-state index contributed by atoms with van der Waals surface area (Å²) in [5, 5.41) is 15.7. The number of H-pyrrole nitrogens is 1. The third-order valence-corrected chi connectivity index (χ3v) is 4.61. The van der Waals surface area contributed by atoms with E-state index in [0.29, 0.717) is 17.9 Å². The number of aromatic nitrogens is 2. The van der Waals surface area contributed by atoms with E-state index in [9.17, 15) is 10.1 Å². The minimum absolute atomic E-state index is 0.0401. The highest BCUT2D eigenvalue weighted by Gasteiger charge is 2.12. The molecule has 7 nitrogen and oxygen atoms in total. The van der Waals surface area contributed by atoms with E-state index in [4.69, 9.17) is 4.74 Å². The Bertz CT molecular complexity index is 1350. The van der Waals surface area contributed by atoms with Gasteiger partial charge in [-0.05, 0) is 41.5 Å². The molecule has 7 heteroatoms. The van der Waals surface area contributed by atoms with Gasteiger partial charge in [0.25, 0.3) is 5.56 Å². The lowest BCUT2D eigenvalue weighted by Crippen LogP contribution is -2.16. The molecule has 31 heavy (non-hydrogen) atoms. The molecule has 0 aliphatic rings. The fraction of sp³-hybridized carbons (Fsp3) is 0.0833. The topological polar surface area (TPSA) is 103 Å². The van der Waals surface area contributed by atoms with Gasteiger partial charge < -0.3 is 4.74 Å². The quantitative estimate of drug-likeness (QED) is 0.365. The van der Waals surface area contributed by atoms with Crippen LogP contribution in [0, 0.1) is 11.3 Å². The van der Waals surface area contributed by atoms with Crippen molar-refractivity contribution in [2.45, 2.75) is 6.92 Å². The zero-order chi connectivity index (χ0) is 21.6. The number of nitrogens with one attached hydrogen (secondary N) is 2. The first-order chi connectivity index (χ1) is 15.2. The van der Waals surface area contributed by atoms with Gasteiger partial charge in [-0.15, -0.1) is 0 Å². The maximum Gasteiger partial charge on any atom is 0.270 e. The maximum absolute atomic E-state index is 12.3. The van der Waals surface area contributed by atoms with E-state index >= 15 is 0 Å². The van der Waals surface area contributed by atoms with Crippen LogP contribution in [0.3, 0.4) is 0 Å². The molecular formula is C24H19N5O2. The molecule has 0 aliphatic heterocycles. The summed E-state index contributed by atoms with van der Waals surface area (Å²) in [5.41, 5.74) is 4.04. The average Bonchev–Trinajstić information content (AvgIpc) is 2.79. The van der Waals surface area contributed by atoms with Crippen molar-refractivity contribution in [2.75, 3.05) is 12.0 Å². The van der Waals surface area contributed by atoms with Crippen LogP contribution in [0.4, 0.5) is 5.95 Å². The van der Waals surface area contributed by atoms with Crippen LogP contribution in [-0.4, -0.2) is 22.8 Å². The van der Waals surface area contributed by atoms with Crippen molar-refractivity contribution in [1.82, 2.24) is 9.97 Å². The summed E-state index contributed by atoms with van der Waals surface area (Å²) in [6.07, 6.45) is 1.64. The standard InChI is InChI=1S/C24H19N5O2/c1-2-31-20-11-10-18-12-16(8-9-19(18)13-20)15-26-29-24-27-22(17-6-4-3-5-7-17)21(14-25)23(30)28-24/h3-13,15H,2H2,1H3,(H2,27,28,29,30). The molecule has 1 heterocycles. The van der Waals surface area contributed by atoms with Gasteiger partial charge in [0.1, 0.15) is 17.4 Å². The van der Waals surface area contributed by atoms with Crippen LogP contribution < -0.4 is 15.7 Å². The van der Waals surface area contributed by atoms with E-state index in [1.165, 1.54) is 0 Å². The highest BCUT2D eigenvalue weighted by Crippen LogP contribution is 2.22. The number of hydrogen-bond acceptors (Lipinski definition) is 6. The lowest BCUT2D eigenvalue weighted by Gasteiger charge is -2.06. The van der Waals surface area contributed by atoms with E-state index in [1.54, 1.807) is 18.3 Å². The molecule has 2 N–H and O–H groups in total. The molecule has 0 saturated carbocycles. The minimum atomic E-state index is -0.523. The number of hydrazone groups is 1. The fourth-order valence-electron chi connectivity index (χ4n) is 3.18. The lowest BCUT2D eigenvalue weighted by molar-refractivity contribution is 0.341. The number of nitrogens with zero attached hydrogens (tertiary/aromatic N) is 3. The van der Waals surface area contributed by atoms with Gasteiger partial charge >= 0.3 is 0 Å². The average molecular weight is 409 g/mol. The Kier molecular flexibility index (Phi) is 5.72. The second-order valence-corrected chi connectivity index (χ2v) is 6.69. The van der Waals surface area contributed by atoms with E-state index in [-0.39, 0.29) is 11.5 Å².